The molecule has 0 atom stereocenters. The van der Waals surface area contributed by atoms with Gasteiger partial charge >= 0.3 is 5.97 Å². The van der Waals surface area contributed by atoms with Crippen LogP contribution >= 0.6 is 11.3 Å². The third-order valence-electron chi connectivity index (χ3n) is 4.48. The van der Waals surface area contributed by atoms with Gasteiger partial charge in [0.05, 0.1) is 17.6 Å². The number of piperidine rings is 1. The van der Waals surface area contributed by atoms with E-state index < -0.39 is 0 Å². The molecule has 0 amide bonds. The molecular formula is C17H25NO3S. The second-order valence-corrected chi connectivity index (χ2v) is 7.77. The SMILES string of the molecule is COC(=O)c1csc(C(=O)C2CCN(C(C)(C)C)CC2)c1C. The Morgan fingerprint density at radius 3 is 2.36 bits per heavy atom. The van der Waals surface area contributed by atoms with Crippen molar-refractivity contribution in [2.45, 2.75) is 46.1 Å². The van der Waals surface area contributed by atoms with Crippen LogP contribution in [0.5, 0.6) is 0 Å². The molecule has 0 saturated carbocycles. The Morgan fingerprint density at radius 2 is 1.86 bits per heavy atom. The van der Waals surface area contributed by atoms with Gasteiger partial charge in [0.1, 0.15) is 0 Å². The first-order valence-electron chi connectivity index (χ1n) is 7.71. The number of hydrogen-bond donors (Lipinski definition) is 0. The van der Waals surface area contributed by atoms with Gasteiger partial charge in [0.15, 0.2) is 5.78 Å². The number of methoxy groups -OCH3 is 1. The van der Waals surface area contributed by atoms with E-state index in [1.165, 1.54) is 18.4 Å². The van der Waals surface area contributed by atoms with Gasteiger partial charge in [0, 0.05) is 16.8 Å². The number of nitrogens with zero attached hydrogens (tertiary/aromatic N) is 1. The van der Waals surface area contributed by atoms with Crippen LogP contribution in [0.25, 0.3) is 0 Å². The first kappa shape index (κ1) is 17.2. The molecule has 1 aromatic heterocycles. The van der Waals surface area contributed by atoms with Gasteiger partial charge in [-0.2, -0.15) is 0 Å². The van der Waals surface area contributed by atoms with E-state index in [9.17, 15) is 9.59 Å². The number of Topliss-reactive ketones (excluding diaryl/α,β-unsaturated/α-hetero) is 1. The Labute approximate surface area is 136 Å². The van der Waals surface area contributed by atoms with Gasteiger partial charge in [-0.05, 0) is 59.2 Å². The summed E-state index contributed by atoms with van der Waals surface area (Å²) >= 11 is 1.36. The third-order valence-corrected chi connectivity index (χ3v) is 5.58. The van der Waals surface area contributed by atoms with E-state index >= 15 is 0 Å². The van der Waals surface area contributed by atoms with Crippen molar-refractivity contribution in [2.75, 3.05) is 20.2 Å². The average Bonchev–Trinajstić information content (AvgIpc) is 2.86. The molecule has 0 bridgehead atoms. The van der Waals surface area contributed by atoms with Gasteiger partial charge in [-0.1, -0.05) is 0 Å². The topological polar surface area (TPSA) is 46.6 Å². The number of carbonyl (C=O) groups is 2. The Balaban J connectivity index is 2.08. The van der Waals surface area contributed by atoms with E-state index in [-0.39, 0.29) is 23.2 Å². The zero-order valence-corrected chi connectivity index (χ0v) is 14.9. The summed E-state index contributed by atoms with van der Waals surface area (Å²) in [6.45, 7) is 10.4. The maximum absolute atomic E-state index is 12.7. The minimum atomic E-state index is -0.365. The molecule has 0 aromatic carbocycles. The van der Waals surface area contributed by atoms with Crippen LogP contribution in [0.1, 0.15) is 59.2 Å². The summed E-state index contributed by atoms with van der Waals surface area (Å²) in [5, 5.41) is 1.73. The summed E-state index contributed by atoms with van der Waals surface area (Å²) in [5.41, 5.74) is 1.44. The normalized spacial score (nSPS) is 17.5. The lowest BCUT2D eigenvalue weighted by Crippen LogP contribution is -2.47. The van der Waals surface area contributed by atoms with E-state index in [2.05, 4.69) is 25.7 Å². The number of ether oxygens (including phenoxy) is 1. The monoisotopic (exact) mass is 323 g/mol. The fourth-order valence-electron chi connectivity index (χ4n) is 2.97. The van der Waals surface area contributed by atoms with Crippen LogP contribution in [-0.4, -0.2) is 42.4 Å². The molecule has 0 aliphatic carbocycles. The van der Waals surface area contributed by atoms with Gasteiger partial charge in [-0.25, -0.2) is 4.79 Å². The first-order valence-corrected chi connectivity index (χ1v) is 8.59. The Morgan fingerprint density at radius 1 is 1.27 bits per heavy atom. The molecule has 0 radical (unpaired) electrons. The Kier molecular flexibility index (Phi) is 5.07. The van der Waals surface area contributed by atoms with Gasteiger partial charge < -0.3 is 4.74 Å². The molecule has 122 valence electrons. The summed E-state index contributed by atoms with van der Waals surface area (Å²) < 4.78 is 4.76. The molecule has 1 saturated heterocycles. The summed E-state index contributed by atoms with van der Waals surface area (Å²) in [6, 6.07) is 0. The van der Waals surface area contributed by atoms with Gasteiger partial charge in [-0.15, -0.1) is 11.3 Å². The molecule has 1 aromatic rings. The highest BCUT2D eigenvalue weighted by Crippen LogP contribution is 2.30. The number of esters is 1. The first-order chi connectivity index (χ1) is 10.3. The number of carbonyl (C=O) groups excluding carboxylic acids is 2. The van der Waals surface area contributed by atoms with Crippen molar-refractivity contribution >= 4 is 23.1 Å². The van der Waals surface area contributed by atoms with Crippen molar-refractivity contribution < 1.29 is 14.3 Å². The Bertz CT molecular complexity index is 563. The third kappa shape index (κ3) is 3.41. The highest BCUT2D eigenvalue weighted by atomic mass is 32.1. The molecule has 0 unspecified atom stereocenters. The lowest BCUT2D eigenvalue weighted by molar-refractivity contribution is 0.0600. The van der Waals surface area contributed by atoms with Crippen LogP contribution in [0.3, 0.4) is 0 Å². The molecule has 2 heterocycles. The van der Waals surface area contributed by atoms with E-state index in [1.807, 2.05) is 6.92 Å². The number of rotatable bonds is 3. The quantitative estimate of drug-likeness (QED) is 0.630. The van der Waals surface area contributed by atoms with Crippen molar-refractivity contribution in [3.8, 4) is 0 Å². The lowest BCUT2D eigenvalue weighted by Gasteiger charge is -2.40. The predicted molar refractivity (Wildman–Crippen MR) is 88.8 cm³/mol. The van der Waals surface area contributed by atoms with E-state index in [0.29, 0.717) is 5.56 Å². The van der Waals surface area contributed by atoms with Crippen LogP contribution in [0, 0.1) is 12.8 Å². The summed E-state index contributed by atoms with van der Waals surface area (Å²) in [6.07, 6.45) is 1.78. The maximum atomic E-state index is 12.7. The summed E-state index contributed by atoms with van der Waals surface area (Å²) in [7, 11) is 1.36. The molecule has 5 heteroatoms. The second-order valence-electron chi connectivity index (χ2n) is 6.89. The molecule has 2 rings (SSSR count). The largest absolute Gasteiger partial charge is 0.465 e. The second kappa shape index (κ2) is 6.50. The minimum absolute atomic E-state index is 0.0708. The van der Waals surface area contributed by atoms with Crippen LogP contribution in [0.4, 0.5) is 0 Å². The highest BCUT2D eigenvalue weighted by molar-refractivity contribution is 7.12. The molecule has 1 aliphatic rings. The zero-order valence-electron chi connectivity index (χ0n) is 14.1. The number of thiophene rings is 1. The van der Waals surface area contributed by atoms with Crippen LogP contribution in [-0.2, 0) is 4.74 Å². The molecular weight excluding hydrogens is 298 g/mol. The van der Waals surface area contributed by atoms with Crippen LogP contribution in [0.15, 0.2) is 5.38 Å². The van der Waals surface area contributed by atoms with Gasteiger partial charge in [0.25, 0.3) is 0 Å². The van der Waals surface area contributed by atoms with Crippen LogP contribution < -0.4 is 0 Å². The number of likely N-dealkylation sites (tertiary alicyclic amines) is 1. The summed E-state index contributed by atoms with van der Waals surface area (Å²) in [5.74, 6) is -0.108. The van der Waals surface area contributed by atoms with E-state index in [1.54, 1.807) is 5.38 Å². The molecule has 0 N–H and O–H groups in total. The zero-order chi connectivity index (χ0) is 16.5. The molecule has 1 fully saturated rings. The van der Waals surface area contributed by atoms with Gasteiger partial charge in [0.2, 0.25) is 0 Å². The van der Waals surface area contributed by atoms with Crippen molar-refractivity contribution in [2.24, 2.45) is 5.92 Å². The fraction of sp³-hybridized carbons (Fsp3) is 0.647. The molecule has 22 heavy (non-hydrogen) atoms. The van der Waals surface area contributed by atoms with Crippen molar-refractivity contribution in [3.63, 3.8) is 0 Å². The lowest BCUT2D eigenvalue weighted by atomic mass is 9.88. The van der Waals surface area contributed by atoms with Crippen molar-refractivity contribution in [3.05, 3.63) is 21.4 Å². The van der Waals surface area contributed by atoms with E-state index in [4.69, 9.17) is 4.74 Å². The smallest absolute Gasteiger partial charge is 0.338 e. The standard InChI is InChI=1S/C17H25NO3S/c1-11-13(16(20)21-5)10-22-15(11)14(19)12-6-8-18(9-7-12)17(2,3)4/h10,12H,6-9H2,1-5H3. The van der Waals surface area contributed by atoms with Gasteiger partial charge in [-0.3, -0.25) is 9.69 Å². The molecule has 0 spiro atoms. The maximum Gasteiger partial charge on any atom is 0.338 e. The fourth-order valence-corrected chi connectivity index (χ4v) is 4.05. The van der Waals surface area contributed by atoms with E-state index in [0.717, 1.165) is 36.4 Å². The average molecular weight is 323 g/mol. The van der Waals surface area contributed by atoms with Crippen LogP contribution in [0.2, 0.25) is 0 Å². The Hall–Kier alpha value is -1.20. The summed E-state index contributed by atoms with van der Waals surface area (Å²) in [4.78, 5) is 27.6. The predicted octanol–water partition coefficient (Wildman–Crippen LogP) is 3.54. The van der Waals surface area contributed by atoms with Crippen molar-refractivity contribution in [1.29, 1.82) is 0 Å². The molecule has 1 aliphatic heterocycles. The number of hydrogen-bond acceptors (Lipinski definition) is 5. The number of ketones is 1. The van der Waals surface area contributed by atoms with Crippen molar-refractivity contribution in [1.82, 2.24) is 4.90 Å². The highest BCUT2D eigenvalue weighted by Gasteiger charge is 2.32. The minimum Gasteiger partial charge on any atom is -0.465 e. The molecule has 4 nitrogen and oxygen atoms in total.